The van der Waals surface area contributed by atoms with Crippen LogP contribution in [-0.4, -0.2) is 56.0 Å². The Kier molecular flexibility index (Phi) is 9.84. The van der Waals surface area contributed by atoms with E-state index >= 15 is 0 Å². The van der Waals surface area contributed by atoms with Gasteiger partial charge >= 0.3 is 5.97 Å². The van der Waals surface area contributed by atoms with Gasteiger partial charge in [-0.05, 0) is 38.8 Å². The topological polar surface area (TPSA) is 179 Å². The Morgan fingerprint density at radius 3 is 2.36 bits per heavy atom. The van der Waals surface area contributed by atoms with Crippen LogP contribution in [0.25, 0.3) is 0 Å². The highest BCUT2D eigenvalue weighted by atomic mass is 16.4. The lowest BCUT2D eigenvalue weighted by Gasteiger charge is -2.24. The second-order valence-electron chi connectivity index (χ2n) is 5.96. The Balaban J connectivity index is 0.000000471. The molecule has 1 aromatic heterocycles. The van der Waals surface area contributed by atoms with Crippen molar-refractivity contribution in [1.29, 1.82) is 0 Å². The van der Waals surface area contributed by atoms with Gasteiger partial charge in [0, 0.05) is 12.1 Å². The van der Waals surface area contributed by atoms with Crippen molar-refractivity contribution < 1.29 is 40.8 Å². The molecule has 2 heterocycles. The summed E-state index contributed by atoms with van der Waals surface area (Å²) in [5.74, 6) is -3.83. The fourth-order valence-electron chi connectivity index (χ4n) is 2.53. The number of carboxylic acids is 2. The Hall–Kier alpha value is -2.07. The predicted molar refractivity (Wildman–Crippen MR) is 85.2 cm³/mol. The molecule has 0 unspecified atom stereocenters. The number of aliphatic carboxylic acids is 2. The van der Waals surface area contributed by atoms with Gasteiger partial charge < -0.3 is 36.0 Å². The first kappa shape index (κ1) is 22.9. The molecule has 9 nitrogen and oxygen atoms in total. The second-order valence-corrected chi connectivity index (χ2v) is 5.96. The van der Waals surface area contributed by atoms with Crippen molar-refractivity contribution in [2.45, 2.75) is 57.4 Å². The number of aryl methyl sites for hydroxylation is 1. The number of pyridine rings is 1. The minimum absolute atomic E-state index is 0. The lowest BCUT2D eigenvalue weighted by Crippen LogP contribution is -2.91. The fraction of sp³-hybridized carbons (Fsp3) is 0.562. The lowest BCUT2D eigenvalue weighted by atomic mass is 9.97. The summed E-state index contributed by atoms with van der Waals surface area (Å²) in [6.07, 6.45) is -0.733. The van der Waals surface area contributed by atoms with Gasteiger partial charge in [0.25, 0.3) is 0 Å². The van der Waals surface area contributed by atoms with E-state index in [9.17, 15) is 14.7 Å². The molecule has 25 heavy (non-hydrogen) atoms. The van der Waals surface area contributed by atoms with Gasteiger partial charge in [-0.25, -0.2) is 4.79 Å². The molecule has 0 radical (unpaired) electrons. The maximum atomic E-state index is 9.74. The number of carboxylic acid groups (broad SMARTS) is 2. The van der Waals surface area contributed by atoms with Crippen LogP contribution < -0.4 is 10.4 Å². The maximum Gasteiger partial charge on any atom is 0.335 e. The minimum Gasteiger partial charge on any atom is -0.547 e. The number of aliphatic hydroxyl groups excluding tert-OH is 2. The first-order valence-electron chi connectivity index (χ1n) is 7.80. The van der Waals surface area contributed by atoms with E-state index in [-0.39, 0.29) is 5.48 Å². The Morgan fingerprint density at radius 1 is 1.28 bits per heavy atom. The molecule has 1 aromatic rings. The molecule has 0 saturated carbocycles. The van der Waals surface area contributed by atoms with Crippen LogP contribution in [0.1, 0.15) is 43.6 Å². The number of piperidine rings is 1. The normalized spacial score (nSPS) is 21.8. The number of rotatable bonds is 4. The van der Waals surface area contributed by atoms with Crippen LogP contribution in [0, 0.1) is 6.92 Å². The van der Waals surface area contributed by atoms with Crippen LogP contribution in [0.15, 0.2) is 18.2 Å². The zero-order valence-corrected chi connectivity index (χ0v) is 14.3. The van der Waals surface area contributed by atoms with Crippen LogP contribution in [0.5, 0.6) is 0 Å². The zero-order valence-electron chi connectivity index (χ0n) is 14.3. The van der Waals surface area contributed by atoms with Gasteiger partial charge in [-0.1, -0.05) is 6.07 Å². The van der Waals surface area contributed by atoms with Gasteiger partial charge in [-0.2, -0.15) is 0 Å². The summed E-state index contributed by atoms with van der Waals surface area (Å²) in [5.41, 5.74) is 2.39. The first-order valence-corrected chi connectivity index (χ1v) is 7.80. The largest absolute Gasteiger partial charge is 0.547 e. The first-order chi connectivity index (χ1) is 11.2. The van der Waals surface area contributed by atoms with Crippen molar-refractivity contribution in [1.82, 2.24) is 4.98 Å². The molecule has 1 fully saturated rings. The molecule has 9 heteroatoms. The van der Waals surface area contributed by atoms with Gasteiger partial charge in [0.1, 0.15) is 12.1 Å². The number of carbonyl (C=O) groups is 2. The third-order valence-corrected chi connectivity index (χ3v) is 3.82. The van der Waals surface area contributed by atoms with Crippen LogP contribution in [0.2, 0.25) is 0 Å². The molecule has 7 N–H and O–H groups in total. The van der Waals surface area contributed by atoms with Crippen molar-refractivity contribution in [3.63, 3.8) is 0 Å². The van der Waals surface area contributed by atoms with Crippen LogP contribution in [-0.2, 0) is 9.59 Å². The number of nitrogens with two attached hydrogens (primary N) is 1. The number of quaternary nitrogens is 1. The van der Waals surface area contributed by atoms with Gasteiger partial charge in [-0.15, -0.1) is 0 Å². The summed E-state index contributed by atoms with van der Waals surface area (Å²) >= 11 is 0. The Bertz CT molecular complexity index is 549. The van der Waals surface area contributed by atoms with E-state index < -0.39 is 24.1 Å². The molecule has 2 rings (SSSR count). The minimum atomic E-state index is -2.38. The van der Waals surface area contributed by atoms with Crippen molar-refractivity contribution in [2.24, 2.45) is 0 Å². The molecule has 0 bridgehead atoms. The summed E-state index contributed by atoms with van der Waals surface area (Å²) in [7, 11) is 0. The molecule has 1 saturated heterocycles. The van der Waals surface area contributed by atoms with Crippen molar-refractivity contribution in [3.8, 4) is 0 Å². The predicted octanol–water partition coefficient (Wildman–Crippen LogP) is -2.72. The van der Waals surface area contributed by atoms with Crippen LogP contribution >= 0.6 is 0 Å². The lowest BCUT2D eigenvalue weighted by molar-refractivity contribution is -0.734. The fourth-order valence-corrected chi connectivity index (χ4v) is 2.53. The van der Waals surface area contributed by atoms with Crippen LogP contribution in [0.4, 0.5) is 0 Å². The molecule has 1 aliphatic rings. The standard InChI is InChI=1S/C12H18N2.C4H6O6.H2O/c1-9-5-3-7-11(13-9)12-8-4-6-10(2)14-12;5-1(3(7)8)2(6)4(9)10;/h3,5,7,10,12,14H,4,6,8H2,1-2H3;1-2,5-6H,(H,7,8)(H,9,10);1H2/t10-,12-;1-,2-;/m11./s1. The molecule has 0 aliphatic carbocycles. The highest BCUT2D eigenvalue weighted by molar-refractivity contribution is 5.82. The summed E-state index contributed by atoms with van der Waals surface area (Å²) in [6, 6.07) is 7.70. The maximum absolute atomic E-state index is 9.74. The summed E-state index contributed by atoms with van der Waals surface area (Å²) in [5, 5.41) is 36.6. The highest BCUT2D eigenvalue weighted by Crippen LogP contribution is 2.18. The SMILES string of the molecule is Cc1cccc([C@H]2CCC[C@@H](C)[NH2+]2)n1.O.O=C([O-])[C@H](O)[C@@H](O)C(=O)O. The molecule has 142 valence electrons. The molecule has 1 aliphatic heterocycles. The smallest absolute Gasteiger partial charge is 0.335 e. The van der Waals surface area contributed by atoms with Gasteiger partial charge in [0.05, 0.1) is 17.7 Å². The number of hydrogen-bond donors (Lipinski definition) is 4. The molecule has 0 amide bonds. The monoisotopic (exact) mass is 358 g/mol. The third kappa shape index (κ3) is 7.57. The number of aliphatic hydroxyl groups is 2. The van der Waals surface area contributed by atoms with E-state index in [0.29, 0.717) is 6.04 Å². The van der Waals surface area contributed by atoms with E-state index in [2.05, 4.69) is 42.3 Å². The van der Waals surface area contributed by atoms with E-state index in [1.807, 2.05) is 0 Å². The Morgan fingerprint density at radius 2 is 1.92 bits per heavy atom. The number of aromatic nitrogens is 1. The molecule has 0 aromatic carbocycles. The quantitative estimate of drug-likeness (QED) is 0.451. The molecular weight excluding hydrogens is 332 g/mol. The van der Waals surface area contributed by atoms with Crippen molar-refractivity contribution in [2.75, 3.05) is 0 Å². The average Bonchev–Trinajstić information content (AvgIpc) is 2.54. The third-order valence-electron chi connectivity index (χ3n) is 3.82. The molecule has 4 atom stereocenters. The van der Waals surface area contributed by atoms with E-state index in [0.717, 1.165) is 11.7 Å². The van der Waals surface area contributed by atoms with E-state index in [4.69, 9.17) is 15.3 Å². The number of hydrogen-bond acceptors (Lipinski definition) is 6. The number of carbonyl (C=O) groups excluding carboxylic acids is 1. The van der Waals surface area contributed by atoms with Gasteiger partial charge in [-0.3, -0.25) is 4.98 Å². The second kappa shape index (κ2) is 10.7. The van der Waals surface area contributed by atoms with Crippen molar-refractivity contribution in [3.05, 3.63) is 29.6 Å². The highest BCUT2D eigenvalue weighted by Gasteiger charge is 2.24. The summed E-state index contributed by atoms with van der Waals surface area (Å²) < 4.78 is 0. The summed E-state index contributed by atoms with van der Waals surface area (Å²) in [6.45, 7) is 4.37. The number of nitrogens with zero attached hydrogens (tertiary/aromatic N) is 1. The average molecular weight is 358 g/mol. The van der Waals surface area contributed by atoms with Crippen LogP contribution in [0.3, 0.4) is 0 Å². The molecular formula is C16H26N2O7. The van der Waals surface area contributed by atoms with Gasteiger partial charge in [0.15, 0.2) is 6.10 Å². The Labute approximate surface area is 145 Å². The zero-order chi connectivity index (χ0) is 18.3. The van der Waals surface area contributed by atoms with E-state index in [1.54, 1.807) is 0 Å². The van der Waals surface area contributed by atoms with Crippen molar-refractivity contribution >= 4 is 11.9 Å². The summed E-state index contributed by atoms with van der Waals surface area (Å²) in [4.78, 5) is 24.0. The molecule has 0 spiro atoms. The van der Waals surface area contributed by atoms with Gasteiger partial charge in [0.2, 0.25) is 0 Å². The van der Waals surface area contributed by atoms with E-state index in [1.165, 1.54) is 25.0 Å².